The molecule has 0 saturated carbocycles. The highest BCUT2D eigenvalue weighted by molar-refractivity contribution is 7.09. The minimum atomic E-state index is -0.121. The Morgan fingerprint density at radius 1 is 1.24 bits per heavy atom. The lowest BCUT2D eigenvalue weighted by Gasteiger charge is -2.22. The van der Waals surface area contributed by atoms with Crippen LogP contribution in [0.2, 0.25) is 0 Å². The molecule has 1 unspecified atom stereocenters. The van der Waals surface area contributed by atoms with Crippen molar-refractivity contribution in [2.75, 3.05) is 20.1 Å². The Balaban J connectivity index is 1.92. The summed E-state index contributed by atoms with van der Waals surface area (Å²) in [4.78, 5) is 3.65. The van der Waals surface area contributed by atoms with Gasteiger partial charge in [-0.2, -0.15) is 0 Å². The Hall–Kier alpha value is -1.23. The first kappa shape index (κ1) is 16.1. The Morgan fingerprint density at radius 2 is 2.05 bits per heavy atom. The van der Waals surface area contributed by atoms with Gasteiger partial charge in [-0.1, -0.05) is 31.2 Å². The van der Waals surface area contributed by atoms with E-state index in [0.29, 0.717) is 0 Å². The molecule has 1 heterocycles. The average Bonchev–Trinajstić information content (AvgIpc) is 2.97. The number of hydrogen-bond donors (Lipinski definition) is 1. The summed E-state index contributed by atoms with van der Waals surface area (Å²) in [5.74, 6) is -0.121. The van der Waals surface area contributed by atoms with Gasteiger partial charge in [-0.25, -0.2) is 4.39 Å². The highest BCUT2D eigenvalue weighted by Crippen LogP contribution is 2.21. The minimum absolute atomic E-state index is 0.0713. The molecule has 1 atom stereocenters. The first-order valence-electron chi connectivity index (χ1n) is 7.39. The molecule has 0 bridgehead atoms. The van der Waals surface area contributed by atoms with Crippen LogP contribution in [-0.2, 0) is 6.54 Å². The molecule has 0 saturated heterocycles. The number of rotatable bonds is 8. The van der Waals surface area contributed by atoms with Crippen LogP contribution in [0.25, 0.3) is 0 Å². The number of nitrogens with zero attached hydrogens (tertiary/aromatic N) is 1. The number of benzene rings is 1. The summed E-state index contributed by atoms with van der Waals surface area (Å²) in [6, 6.07) is 11.4. The first-order chi connectivity index (χ1) is 10.2. The van der Waals surface area contributed by atoms with Gasteiger partial charge in [0.2, 0.25) is 0 Å². The number of hydrogen-bond acceptors (Lipinski definition) is 3. The van der Waals surface area contributed by atoms with Crippen LogP contribution in [0.15, 0.2) is 41.8 Å². The summed E-state index contributed by atoms with van der Waals surface area (Å²) < 4.78 is 13.9. The van der Waals surface area contributed by atoms with E-state index in [1.807, 2.05) is 12.1 Å². The van der Waals surface area contributed by atoms with Gasteiger partial charge in [0.05, 0.1) is 0 Å². The fourth-order valence-corrected chi connectivity index (χ4v) is 3.25. The molecule has 1 N–H and O–H groups in total. The van der Waals surface area contributed by atoms with Crippen LogP contribution >= 0.6 is 11.3 Å². The van der Waals surface area contributed by atoms with Gasteiger partial charge >= 0.3 is 0 Å². The van der Waals surface area contributed by atoms with Gasteiger partial charge < -0.3 is 10.2 Å². The first-order valence-corrected chi connectivity index (χ1v) is 8.27. The minimum Gasteiger partial charge on any atom is -0.310 e. The van der Waals surface area contributed by atoms with E-state index in [1.54, 1.807) is 17.4 Å². The number of halogens is 1. The zero-order valence-corrected chi connectivity index (χ0v) is 13.5. The Labute approximate surface area is 130 Å². The smallest absolute Gasteiger partial charge is 0.127 e. The topological polar surface area (TPSA) is 15.3 Å². The Bertz CT molecular complexity index is 527. The largest absolute Gasteiger partial charge is 0.310 e. The van der Waals surface area contributed by atoms with Crippen LogP contribution in [0.3, 0.4) is 0 Å². The van der Waals surface area contributed by atoms with Crippen molar-refractivity contribution >= 4 is 11.3 Å². The van der Waals surface area contributed by atoms with Crippen LogP contribution < -0.4 is 5.32 Å². The molecule has 0 fully saturated rings. The molecule has 1 aromatic carbocycles. The maximum atomic E-state index is 13.9. The third-order valence-electron chi connectivity index (χ3n) is 3.54. The lowest BCUT2D eigenvalue weighted by molar-refractivity contribution is 0.302. The summed E-state index contributed by atoms with van der Waals surface area (Å²) in [5.41, 5.74) is 0.767. The second-order valence-electron chi connectivity index (χ2n) is 5.24. The average molecular weight is 306 g/mol. The summed E-state index contributed by atoms with van der Waals surface area (Å²) in [7, 11) is 2.12. The standard InChI is InChI=1S/C17H23FN2S/c1-3-19-17(15-8-4-5-9-16(15)18)10-11-20(2)13-14-7-6-12-21-14/h4-9,12,17,19H,3,10-11,13H2,1-2H3. The van der Waals surface area contributed by atoms with E-state index >= 15 is 0 Å². The summed E-state index contributed by atoms with van der Waals surface area (Å²) >= 11 is 1.78. The van der Waals surface area contributed by atoms with E-state index < -0.39 is 0 Å². The second-order valence-corrected chi connectivity index (χ2v) is 6.27. The van der Waals surface area contributed by atoms with Crippen molar-refractivity contribution in [2.24, 2.45) is 0 Å². The summed E-state index contributed by atoms with van der Waals surface area (Å²) in [5, 5.41) is 5.49. The molecule has 0 aliphatic carbocycles. The SMILES string of the molecule is CCNC(CCN(C)Cc1cccs1)c1ccccc1F. The Kier molecular flexibility index (Phi) is 6.36. The van der Waals surface area contributed by atoms with Crippen molar-refractivity contribution in [3.8, 4) is 0 Å². The van der Waals surface area contributed by atoms with Gasteiger partial charge in [0.15, 0.2) is 0 Å². The third kappa shape index (κ3) is 4.92. The van der Waals surface area contributed by atoms with E-state index in [2.05, 4.69) is 41.7 Å². The van der Waals surface area contributed by atoms with Gasteiger partial charge in [0, 0.05) is 29.6 Å². The molecule has 2 aromatic rings. The predicted molar refractivity (Wildman–Crippen MR) is 88.1 cm³/mol. The monoisotopic (exact) mass is 306 g/mol. The van der Waals surface area contributed by atoms with Crippen molar-refractivity contribution in [1.82, 2.24) is 10.2 Å². The van der Waals surface area contributed by atoms with E-state index in [-0.39, 0.29) is 11.9 Å². The lowest BCUT2D eigenvalue weighted by Crippen LogP contribution is -2.27. The van der Waals surface area contributed by atoms with E-state index in [4.69, 9.17) is 0 Å². The number of thiophene rings is 1. The molecule has 0 aliphatic heterocycles. The highest BCUT2D eigenvalue weighted by Gasteiger charge is 2.15. The molecule has 2 nitrogen and oxygen atoms in total. The highest BCUT2D eigenvalue weighted by atomic mass is 32.1. The van der Waals surface area contributed by atoms with E-state index in [1.165, 1.54) is 10.9 Å². The zero-order chi connectivity index (χ0) is 15.1. The molecule has 1 aromatic heterocycles. The molecular weight excluding hydrogens is 283 g/mol. The van der Waals surface area contributed by atoms with Crippen molar-refractivity contribution in [3.05, 3.63) is 58.0 Å². The third-order valence-corrected chi connectivity index (χ3v) is 4.40. The van der Waals surface area contributed by atoms with E-state index in [0.717, 1.165) is 31.6 Å². The van der Waals surface area contributed by atoms with Crippen LogP contribution in [0.1, 0.15) is 29.8 Å². The molecule has 4 heteroatoms. The van der Waals surface area contributed by atoms with Crippen LogP contribution in [0.5, 0.6) is 0 Å². The molecule has 0 aliphatic rings. The molecule has 0 amide bonds. The van der Waals surface area contributed by atoms with Crippen molar-refractivity contribution in [2.45, 2.75) is 25.9 Å². The maximum absolute atomic E-state index is 13.9. The predicted octanol–water partition coefficient (Wildman–Crippen LogP) is 4.06. The van der Waals surface area contributed by atoms with Gasteiger partial charge in [0.25, 0.3) is 0 Å². The van der Waals surface area contributed by atoms with Gasteiger partial charge in [-0.15, -0.1) is 11.3 Å². The fraction of sp³-hybridized carbons (Fsp3) is 0.412. The van der Waals surface area contributed by atoms with Gasteiger partial charge in [-0.3, -0.25) is 0 Å². The second kappa shape index (κ2) is 8.27. The zero-order valence-electron chi connectivity index (χ0n) is 12.7. The molecule has 0 radical (unpaired) electrons. The summed E-state index contributed by atoms with van der Waals surface area (Å²) in [6.07, 6.45) is 0.899. The van der Waals surface area contributed by atoms with Gasteiger partial charge in [0.1, 0.15) is 5.82 Å². The van der Waals surface area contributed by atoms with Crippen molar-refractivity contribution in [3.63, 3.8) is 0 Å². The van der Waals surface area contributed by atoms with Crippen LogP contribution in [0, 0.1) is 5.82 Å². The summed E-state index contributed by atoms with van der Waals surface area (Å²) in [6.45, 7) is 4.79. The molecule has 114 valence electrons. The van der Waals surface area contributed by atoms with Crippen LogP contribution in [0.4, 0.5) is 4.39 Å². The Morgan fingerprint density at radius 3 is 2.71 bits per heavy atom. The fourth-order valence-electron chi connectivity index (χ4n) is 2.47. The molecule has 0 spiro atoms. The molecule has 21 heavy (non-hydrogen) atoms. The number of nitrogens with one attached hydrogen (secondary N) is 1. The van der Waals surface area contributed by atoms with Crippen molar-refractivity contribution < 1.29 is 4.39 Å². The van der Waals surface area contributed by atoms with Crippen molar-refractivity contribution in [1.29, 1.82) is 0 Å². The van der Waals surface area contributed by atoms with Gasteiger partial charge in [-0.05, 0) is 37.5 Å². The maximum Gasteiger partial charge on any atom is 0.127 e. The molecule has 2 rings (SSSR count). The molecular formula is C17H23FN2S. The normalized spacial score (nSPS) is 12.8. The van der Waals surface area contributed by atoms with E-state index in [9.17, 15) is 4.39 Å². The quantitative estimate of drug-likeness (QED) is 0.791. The van der Waals surface area contributed by atoms with Crippen LogP contribution in [-0.4, -0.2) is 25.0 Å². The lowest BCUT2D eigenvalue weighted by atomic mass is 10.0.